The van der Waals surface area contributed by atoms with Gasteiger partial charge in [-0.3, -0.25) is 0 Å². The number of aromatic nitrogens is 2. The summed E-state index contributed by atoms with van der Waals surface area (Å²) in [5.74, 6) is 0.592. The molecule has 0 fully saturated rings. The molecule has 4 heteroatoms. The molecule has 1 aromatic heterocycles. The van der Waals surface area contributed by atoms with Crippen molar-refractivity contribution >= 4 is 5.69 Å². The fourth-order valence-electron chi connectivity index (χ4n) is 1.45. The van der Waals surface area contributed by atoms with Crippen molar-refractivity contribution in [1.29, 1.82) is 0 Å². The van der Waals surface area contributed by atoms with E-state index in [4.69, 9.17) is 5.73 Å². The van der Waals surface area contributed by atoms with Gasteiger partial charge in [-0.2, -0.15) is 0 Å². The lowest BCUT2D eigenvalue weighted by Crippen LogP contribution is -2.03. The normalized spacial score (nSPS) is 10.5. The number of nitrogen functional groups attached to an aromatic ring is 1. The number of rotatable bonds is 2. The second-order valence-electron chi connectivity index (χ2n) is 3.45. The van der Waals surface area contributed by atoms with Gasteiger partial charge in [-0.25, -0.2) is 9.37 Å². The number of benzene rings is 1. The average Bonchev–Trinajstić information content (AvgIpc) is 2.57. The van der Waals surface area contributed by atoms with E-state index in [-0.39, 0.29) is 5.82 Å². The molecule has 2 aromatic rings. The maximum atomic E-state index is 13.5. The molecule has 0 spiro atoms. The zero-order chi connectivity index (χ0) is 10.8. The predicted molar refractivity (Wildman–Crippen MR) is 56.9 cm³/mol. The highest BCUT2D eigenvalue weighted by atomic mass is 19.1. The summed E-state index contributed by atoms with van der Waals surface area (Å²) in [6, 6.07) is 4.73. The van der Waals surface area contributed by atoms with E-state index in [1.54, 1.807) is 18.3 Å². The topological polar surface area (TPSA) is 43.8 Å². The van der Waals surface area contributed by atoms with Crippen LogP contribution in [-0.4, -0.2) is 9.55 Å². The van der Waals surface area contributed by atoms with E-state index in [1.165, 1.54) is 6.07 Å². The largest absolute Gasteiger partial charge is 0.399 e. The molecule has 78 valence electrons. The van der Waals surface area contributed by atoms with Crippen molar-refractivity contribution in [1.82, 2.24) is 9.55 Å². The maximum Gasteiger partial charge on any atom is 0.130 e. The van der Waals surface area contributed by atoms with Gasteiger partial charge in [0.2, 0.25) is 0 Å². The number of halogens is 1. The van der Waals surface area contributed by atoms with Gasteiger partial charge in [0.1, 0.15) is 11.6 Å². The lowest BCUT2D eigenvalue weighted by molar-refractivity contribution is 0.597. The smallest absolute Gasteiger partial charge is 0.130 e. The zero-order valence-electron chi connectivity index (χ0n) is 8.44. The van der Waals surface area contributed by atoms with E-state index in [0.717, 1.165) is 5.82 Å². The molecule has 3 nitrogen and oxygen atoms in total. The van der Waals surface area contributed by atoms with Gasteiger partial charge < -0.3 is 10.3 Å². The minimum absolute atomic E-state index is 0.275. The second kappa shape index (κ2) is 3.73. The van der Waals surface area contributed by atoms with E-state index < -0.39 is 0 Å². The van der Waals surface area contributed by atoms with E-state index in [0.29, 0.717) is 17.8 Å². The van der Waals surface area contributed by atoms with Crippen LogP contribution in [0.1, 0.15) is 11.4 Å². The van der Waals surface area contributed by atoms with Crippen LogP contribution in [0, 0.1) is 12.7 Å². The number of hydrogen-bond acceptors (Lipinski definition) is 2. The molecule has 0 radical (unpaired) electrons. The summed E-state index contributed by atoms with van der Waals surface area (Å²) in [7, 11) is 0. The predicted octanol–water partition coefficient (Wildman–Crippen LogP) is 1.96. The van der Waals surface area contributed by atoms with Gasteiger partial charge in [-0.05, 0) is 19.1 Å². The Kier molecular flexibility index (Phi) is 2.41. The van der Waals surface area contributed by atoms with E-state index in [1.807, 2.05) is 17.7 Å². The Labute approximate surface area is 87.4 Å². The first-order valence-corrected chi connectivity index (χ1v) is 4.68. The summed E-state index contributed by atoms with van der Waals surface area (Å²) in [6.45, 7) is 2.37. The molecule has 2 N–H and O–H groups in total. The van der Waals surface area contributed by atoms with E-state index in [9.17, 15) is 4.39 Å². The third kappa shape index (κ3) is 1.98. The first-order valence-electron chi connectivity index (χ1n) is 4.68. The molecular weight excluding hydrogens is 193 g/mol. The molecule has 0 aliphatic heterocycles. The van der Waals surface area contributed by atoms with Crippen LogP contribution in [0.4, 0.5) is 10.1 Å². The number of aryl methyl sites for hydroxylation is 1. The molecule has 15 heavy (non-hydrogen) atoms. The third-order valence-corrected chi connectivity index (χ3v) is 2.34. The summed E-state index contributed by atoms with van der Waals surface area (Å²) < 4.78 is 15.3. The Hall–Kier alpha value is -1.84. The molecule has 1 heterocycles. The monoisotopic (exact) mass is 205 g/mol. The number of nitrogens with two attached hydrogens (primary N) is 1. The van der Waals surface area contributed by atoms with Crippen LogP contribution in [-0.2, 0) is 6.54 Å². The third-order valence-electron chi connectivity index (χ3n) is 2.34. The van der Waals surface area contributed by atoms with Gasteiger partial charge in [0, 0.05) is 23.6 Å². The molecule has 1 aromatic carbocycles. The Morgan fingerprint density at radius 2 is 2.27 bits per heavy atom. The van der Waals surface area contributed by atoms with Crippen molar-refractivity contribution in [3.8, 4) is 0 Å². The van der Waals surface area contributed by atoms with Crippen LogP contribution in [0.2, 0.25) is 0 Å². The highest BCUT2D eigenvalue weighted by molar-refractivity contribution is 5.40. The molecule has 0 saturated heterocycles. The summed E-state index contributed by atoms with van der Waals surface area (Å²) in [6.07, 6.45) is 3.52. The van der Waals surface area contributed by atoms with Crippen molar-refractivity contribution in [3.63, 3.8) is 0 Å². The lowest BCUT2D eigenvalue weighted by Gasteiger charge is -2.06. The van der Waals surface area contributed by atoms with Gasteiger partial charge in [0.25, 0.3) is 0 Å². The summed E-state index contributed by atoms with van der Waals surface area (Å²) in [5, 5.41) is 0. The Morgan fingerprint density at radius 1 is 1.47 bits per heavy atom. The van der Waals surface area contributed by atoms with Crippen LogP contribution in [0.5, 0.6) is 0 Å². The van der Waals surface area contributed by atoms with Gasteiger partial charge in [-0.15, -0.1) is 0 Å². The van der Waals surface area contributed by atoms with Crippen LogP contribution in [0.15, 0.2) is 30.6 Å². The highest BCUT2D eigenvalue weighted by Gasteiger charge is 2.04. The quantitative estimate of drug-likeness (QED) is 0.761. The van der Waals surface area contributed by atoms with Gasteiger partial charge in [0.15, 0.2) is 0 Å². The van der Waals surface area contributed by atoms with Crippen molar-refractivity contribution in [3.05, 3.63) is 47.8 Å². The van der Waals surface area contributed by atoms with Crippen molar-refractivity contribution in [2.75, 3.05) is 5.73 Å². The number of imidazole rings is 1. The van der Waals surface area contributed by atoms with Crippen molar-refractivity contribution < 1.29 is 4.39 Å². The van der Waals surface area contributed by atoms with E-state index >= 15 is 0 Å². The molecule has 0 bridgehead atoms. The van der Waals surface area contributed by atoms with Gasteiger partial charge >= 0.3 is 0 Å². The summed E-state index contributed by atoms with van der Waals surface area (Å²) in [5.41, 5.74) is 6.53. The summed E-state index contributed by atoms with van der Waals surface area (Å²) >= 11 is 0. The lowest BCUT2D eigenvalue weighted by atomic mass is 10.2. The maximum absolute atomic E-state index is 13.5. The first kappa shape index (κ1) is 9.71. The fraction of sp³-hybridized carbons (Fsp3) is 0.182. The molecule has 0 atom stereocenters. The van der Waals surface area contributed by atoms with Crippen LogP contribution in [0.3, 0.4) is 0 Å². The molecule has 0 unspecified atom stereocenters. The van der Waals surface area contributed by atoms with E-state index in [2.05, 4.69) is 4.98 Å². The molecule has 0 aliphatic rings. The summed E-state index contributed by atoms with van der Waals surface area (Å²) in [4.78, 5) is 4.08. The van der Waals surface area contributed by atoms with Crippen molar-refractivity contribution in [2.24, 2.45) is 0 Å². The first-order chi connectivity index (χ1) is 7.16. The number of hydrogen-bond donors (Lipinski definition) is 1. The van der Waals surface area contributed by atoms with Crippen LogP contribution in [0.25, 0.3) is 0 Å². The molecule has 2 rings (SSSR count). The number of nitrogens with zero attached hydrogens (tertiary/aromatic N) is 2. The molecule has 0 saturated carbocycles. The van der Waals surface area contributed by atoms with Crippen LogP contribution >= 0.6 is 0 Å². The van der Waals surface area contributed by atoms with Gasteiger partial charge in [-0.1, -0.05) is 6.07 Å². The molecular formula is C11H12FN3. The Bertz CT molecular complexity index is 476. The molecule has 0 aliphatic carbocycles. The van der Waals surface area contributed by atoms with Crippen molar-refractivity contribution in [2.45, 2.75) is 13.5 Å². The SMILES string of the molecule is Cc1nccn1Cc1ccc(N)cc1F. The molecule has 0 amide bonds. The zero-order valence-corrected chi connectivity index (χ0v) is 8.44. The Balaban J connectivity index is 2.29. The highest BCUT2D eigenvalue weighted by Crippen LogP contribution is 2.13. The standard InChI is InChI=1S/C11H12FN3/c1-8-14-4-5-15(8)7-9-2-3-10(13)6-11(9)12/h2-6H,7,13H2,1H3. The second-order valence-corrected chi connectivity index (χ2v) is 3.45. The number of anilines is 1. The average molecular weight is 205 g/mol. The Morgan fingerprint density at radius 3 is 2.87 bits per heavy atom. The minimum atomic E-state index is -0.275. The van der Waals surface area contributed by atoms with Crippen LogP contribution < -0.4 is 5.73 Å². The fourth-order valence-corrected chi connectivity index (χ4v) is 1.45. The minimum Gasteiger partial charge on any atom is -0.399 e. The van der Waals surface area contributed by atoms with Gasteiger partial charge in [0.05, 0.1) is 6.54 Å².